The van der Waals surface area contributed by atoms with Crippen molar-refractivity contribution in [2.24, 2.45) is 10.9 Å². The van der Waals surface area contributed by atoms with E-state index < -0.39 is 11.6 Å². The molecule has 204 valence electrons. The average Bonchev–Trinajstić information content (AvgIpc) is 3.35. The van der Waals surface area contributed by atoms with Crippen LogP contribution >= 0.6 is 0 Å². The molecule has 1 amide bonds. The van der Waals surface area contributed by atoms with Crippen LogP contribution in [0.4, 0.5) is 0 Å². The third-order valence-corrected chi connectivity index (χ3v) is 6.38. The minimum atomic E-state index is -1.23. The Morgan fingerprint density at radius 2 is 1.74 bits per heavy atom. The molecule has 39 heavy (non-hydrogen) atoms. The van der Waals surface area contributed by atoms with Crippen molar-refractivity contribution in [2.45, 2.75) is 38.3 Å². The van der Waals surface area contributed by atoms with Gasteiger partial charge in [0, 0.05) is 31.6 Å². The Hall–Kier alpha value is -3.94. The molecule has 7 heteroatoms. The molecule has 3 N–H and O–H groups in total. The Balaban J connectivity index is 1.69. The van der Waals surface area contributed by atoms with E-state index in [0.29, 0.717) is 43.6 Å². The van der Waals surface area contributed by atoms with Gasteiger partial charge in [-0.05, 0) is 41.3 Å². The van der Waals surface area contributed by atoms with Crippen LogP contribution in [0.1, 0.15) is 49.5 Å². The summed E-state index contributed by atoms with van der Waals surface area (Å²) in [5.41, 5.74) is 7.40. The van der Waals surface area contributed by atoms with Gasteiger partial charge < -0.3 is 14.6 Å². The van der Waals surface area contributed by atoms with Crippen LogP contribution in [0.15, 0.2) is 96.0 Å². The quantitative estimate of drug-likeness (QED) is 0.213. The molecule has 1 aliphatic rings. The minimum absolute atomic E-state index is 0.0818. The Morgan fingerprint density at radius 3 is 2.41 bits per heavy atom. The summed E-state index contributed by atoms with van der Waals surface area (Å²) >= 11 is 0. The number of benzene rings is 3. The van der Waals surface area contributed by atoms with Gasteiger partial charge in [0.05, 0.1) is 6.61 Å². The third-order valence-electron chi connectivity index (χ3n) is 6.38. The van der Waals surface area contributed by atoms with E-state index in [1.807, 2.05) is 97.1 Å². The van der Waals surface area contributed by atoms with Gasteiger partial charge in [0.2, 0.25) is 5.90 Å². The van der Waals surface area contributed by atoms with E-state index in [1.165, 1.54) is 0 Å². The van der Waals surface area contributed by atoms with Crippen molar-refractivity contribution < 1.29 is 19.4 Å². The molecule has 3 aromatic carbocycles. The normalized spacial score (nSPS) is 18.7. The van der Waals surface area contributed by atoms with E-state index in [9.17, 15) is 4.79 Å². The van der Waals surface area contributed by atoms with Crippen molar-refractivity contribution in [3.8, 4) is 5.75 Å². The van der Waals surface area contributed by atoms with Crippen LogP contribution in [-0.2, 0) is 9.53 Å². The zero-order chi connectivity index (χ0) is 27.5. The van der Waals surface area contributed by atoms with Gasteiger partial charge in [-0.25, -0.2) is 10.4 Å². The summed E-state index contributed by atoms with van der Waals surface area (Å²) in [6.07, 6.45) is 4.26. The van der Waals surface area contributed by atoms with Crippen LogP contribution in [0.5, 0.6) is 5.75 Å². The number of amides is 1. The molecule has 1 heterocycles. The van der Waals surface area contributed by atoms with Gasteiger partial charge in [-0.3, -0.25) is 10.2 Å². The molecule has 0 saturated heterocycles. The minimum Gasteiger partial charge on any atom is -0.494 e. The zero-order valence-electron chi connectivity index (χ0n) is 22.5. The Labute approximate surface area is 230 Å². The van der Waals surface area contributed by atoms with Gasteiger partial charge in [0.15, 0.2) is 11.6 Å². The number of ether oxygens (including phenoxy) is 2. The van der Waals surface area contributed by atoms with Crippen LogP contribution < -0.4 is 15.6 Å². The van der Waals surface area contributed by atoms with E-state index in [4.69, 9.17) is 19.6 Å². The molecule has 0 saturated carbocycles. The molecule has 0 unspecified atom stereocenters. The number of hydrazine groups is 1. The van der Waals surface area contributed by atoms with Crippen LogP contribution in [0.25, 0.3) is 6.08 Å². The maximum Gasteiger partial charge on any atom is 0.266 e. The first-order chi connectivity index (χ1) is 19.0. The maximum absolute atomic E-state index is 13.9. The fourth-order valence-electron chi connectivity index (χ4n) is 4.33. The number of nitrogens with one attached hydrogen (secondary N) is 2. The van der Waals surface area contributed by atoms with Crippen molar-refractivity contribution in [2.75, 3.05) is 19.8 Å². The molecule has 2 atom stereocenters. The number of aliphatic hydroxyl groups is 1. The largest absolute Gasteiger partial charge is 0.494 e. The number of carbonyl (C=O) groups excluding carboxylic acids is 1. The lowest BCUT2D eigenvalue weighted by atomic mass is 9.84. The van der Waals surface area contributed by atoms with Gasteiger partial charge in [-0.15, -0.1) is 0 Å². The summed E-state index contributed by atoms with van der Waals surface area (Å²) in [5.74, 6) is 1.20. The average molecular weight is 528 g/mol. The molecule has 0 aliphatic carbocycles. The molecule has 0 fully saturated rings. The number of nitrogens with zero attached hydrogens (tertiary/aromatic N) is 1. The van der Waals surface area contributed by atoms with Gasteiger partial charge in [-0.1, -0.05) is 86.7 Å². The smallest absolute Gasteiger partial charge is 0.266 e. The SMILES string of the molecule is CC(C)CNNC(=O)[C@@]1(C/C=C/c2ccccc2)N=C(c2ccc(OCCCO)cc2)O[C@H]1c1ccccc1. The Kier molecular flexibility index (Phi) is 9.89. The van der Waals surface area contributed by atoms with Crippen molar-refractivity contribution in [3.05, 3.63) is 108 Å². The first-order valence-electron chi connectivity index (χ1n) is 13.4. The standard InChI is InChI=1S/C32H37N3O4/c1-24(2)23-33-35-31(37)32(20-9-13-25-11-5-3-6-12-25)29(26-14-7-4-8-15-26)39-30(34-32)27-16-18-28(19-17-27)38-22-10-21-36/h3-9,11-19,24,29,33,36H,10,20-23H2,1-2H3,(H,35,37)/b13-9+/t29-,32-/m0/s1. The molecule has 1 aliphatic heterocycles. The highest BCUT2D eigenvalue weighted by molar-refractivity contribution is 6.01. The van der Waals surface area contributed by atoms with Crippen molar-refractivity contribution in [1.82, 2.24) is 10.9 Å². The molecule has 3 aromatic rings. The highest BCUT2D eigenvalue weighted by Gasteiger charge is 2.52. The third kappa shape index (κ3) is 7.34. The van der Waals surface area contributed by atoms with E-state index in [0.717, 1.165) is 16.7 Å². The van der Waals surface area contributed by atoms with Crippen LogP contribution in [-0.4, -0.2) is 42.2 Å². The van der Waals surface area contributed by atoms with Gasteiger partial charge in [-0.2, -0.15) is 0 Å². The maximum atomic E-state index is 13.9. The van der Waals surface area contributed by atoms with Gasteiger partial charge >= 0.3 is 0 Å². The summed E-state index contributed by atoms with van der Waals surface area (Å²) in [7, 11) is 0. The fraction of sp³-hybridized carbons (Fsp3) is 0.312. The topological polar surface area (TPSA) is 92.2 Å². The summed E-state index contributed by atoms with van der Waals surface area (Å²) in [6.45, 7) is 5.31. The number of aliphatic imine (C=N–C) groups is 1. The molecular weight excluding hydrogens is 490 g/mol. The molecule has 0 aromatic heterocycles. The lowest BCUT2D eigenvalue weighted by Gasteiger charge is -2.30. The van der Waals surface area contributed by atoms with E-state index in [-0.39, 0.29) is 12.5 Å². The van der Waals surface area contributed by atoms with Crippen molar-refractivity contribution in [3.63, 3.8) is 0 Å². The number of carbonyl (C=O) groups is 1. The summed E-state index contributed by atoms with van der Waals surface area (Å²) in [4.78, 5) is 18.9. The summed E-state index contributed by atoms with van der Waals surface area (Å²) in [5, 5.41) is 9.00. The second-order valence-electron chi connectivity index (χ2n) is 9.95. The van der Waals surface area contributed by atoms with Crippen LogP contribution in [0.2, 0.25) is 0 Å². The van der Waals surface area contributed by atoms with Crippen molar-refractivity contribution >= 4 is 17.9 Å². The van der Waals surface area contributed by atoms with E-state index in [2.05, 4.69) is 24.7 Å². The number of aliphatic hydroxyl groups excluding tert-OH is 1. The zero-order valence-corrected chi connectivity index (χ0v) is 22.5. The molecule has 4 rings (SSSR count). The van der Waals surface area contributed by atoms with E-state index in [1.54, 1.807) is 0 Å². The predicted octanol–water partition coefficient (Wildman–Crippen LogP) is 5.09. The van der Waals surface area contributed by atoms with Crippen molar-refractivity contribution in [1.29, 1.82) is 0 Å². The number of hydrogen-bond acceptors (Lipinski definition) is 6. The first kappa shape index (κ1) is 28.1. The molecule has 0 radical (unpaired) electrons. The van der Waals surface area contributed by atoms with Crippen LogP contribution in [0, 0.1) is 5.92 Å². The second kappa shape index (κ2) is 13.7. The molecule has 0 bridgehead atoms. The lowest BCUT2D eigenvalue weighted by Crippen LogP contribution is -2.53. The van der Waals surface area contributed by atoms with Crippen LogP contribution in [0.3, 0.4) is 0 Å². The lowest BCUT2D eigenvalue weighted by molar-refractivity contribution is -0.129. The second-order valence-corrected chi connectivity index (χ2v) is 9.95. The van der Waals surface area contributed by atoms with Gasteiger partial charge in [0.1, 0.15) is 5.75 Å². The Bertz CT molecular complexity index is 1240. The molecule has 0 spiro atoms. The monoisotopic (exact) mass is 527 g/mol. The first-order valence-corrected chi connectivity index (χ1v) is 13.4. The number of rotatable bonds is 13. The fourth-order valence-corrected chi connectivity index (χ4v) is 4.33. The predicted molar refractivity (Wildman–Crippen MR) is 154 cm³/mol. The Morgan fingerprint density at radius 1 is 1.05 bits per heavy atom. The van der Waals surface area contributed by atoms with Gasteiger partial charge in [0.25, 0.3) is 5.91 Å². The highest BCUT2D eigenvalue weighted by atomic mass is 16.5. The van der Waals surface area contributed by atoms with E-state index >= 15 is 0 Å². The highest BCUT2D eigenvalue weighted by Crippen LogP contribution is 2.42. The molecule has 7 nitrogen and oxygen atoms in total. The summed E-state index contributed by atoms with van der Waals surface area (Å²) in [6, 6.07) is 27.2. The molecular formula is C32H37N3O4. The summed E-state index contributed by atoms with van der Waals surface area (Å²) < 4.78 is 12.2. The number of hydrogen-bond donors (Lipinski definition) is 3.